The normalized spacial score (nSPS) is 20.1. The van der Waals surface area contributed by atoms with Gasteiger partial charge in [0.15, 0.2) is 0 Å². The highest BCUT2D eigenvalue weighted by atomic mass is 35.5. The molecule has 4 aromatic rings. The first kappa shape index (κ1) is 29.8. The van der Waals surface area contributed by atoms with Crippen LogP contribution in [0.2, 0.25) is 5.02 Å². The number of carbonyl (C=O) groups excluding carboxylic acids is 2. The van der Waals surface area contributed by atoms with Gasteiger partial charge in [-0.2, -0.15) is 18.3 Å². The molecule has 0 radical (unpaired) electrons. The zero-order chi connectivity index (χ0) is 31.8. The van der Waals surface area contributed by atoms with Crippen molar-refractivity contribution in [2.75, 3.05) is 13.2 Å². The van der Waals surface area contributed by atoms with Crippen molar-refractivity contribution in [2.24, 2.45) is 5.73 Å². The van der Waals surface area contributed by atoms with E-state index in [2.05, 4.69) is 15.4 Å². The van der Waals surface area contributed by atoms with Gasteiger partial charge in [0.05, 0.1) is 17.3 Å². The second kappa shape index (κ2) is 9.86. The lowest BCUT2D eigenvalue weighted by atomic mass is 9.81. The molecule has 0 bridgehead atoms. The van der Waals surface area contributed by atoms with E-state index in [0.717, 1.165) is 28.9 Å². The molecule has 9 nitrogen and oxygen atoms in total. The largest absolute Gasteiger partial charge is 0.489 e. The van der Waals surface area contributed by atoms with E-state index in [9.17, 15) is 36.6 Å². The fraction of sp³-hybridized carbons (Fsp3) is 0.310. The van der Waals surface area contributed by atoms with Crippen LogP contribution in [0.3, 0.4) is 0 Å². The van der Waals surface area contributed by atoms with Crippen LogP contribution in [-0.4, -0.2) is 51.0 Å². The van der Waals surface area contributed by atoms with Crippen LogP contribution in [0, 0.1) is 5.82 Å². The predicted octanol–water partition coefficient (Wildman–Crippen LogP) is 4.62. The van der Waals surface area contributed by atoms with E-state index >= 15 is 0 Å². The maximum Gasteiger partial charge on any atom is 0.424 e. The fourth-order valence-electron chi connectivity index (χ4n) is 5.01. The molecule has 6 rings (SSSR count). The van der Waals surface area contributed by atoms with Gasteiger partial charge in [-0.05, 0) is 49.4 Å². The molecule has 2 aromatic carbocycles. The third-order valence-electron chi connectivity index (χ3n) is 8.03. The number of ether oxygens (including phenoxy) is 1. The average molecular weight is 636 g/mol. The number of carbonyl (C=O) groups is 2. The number of pyridine rings is 1. The summed E-state index contributed by atoms with van der Waals surface area (Å²) in [6.07, 6.45) is -3.54. The van der Waals surface area contributed by atoms with E-state index in [0.29, 0.717) is 0 Å². The number of hydrogen-bond acceptors (Lipinski definition) is 6. The minimum absolute atomic E-state index is 0.0308. The van der Waals surface area contributed by atoms with Crippen LogP contribution in [0.15, 0.2) is 48.7 Å². The van der Waals surface area contributed by atoms with Gasteiger partial charge in [0.1, 0.15) is 34.8 Å². The topological polar surface area (TPSA) is 132 Å². The van der Waals surface area contributed by atoms with Gasteiger partial charge < -0.3 is 20.9 Å². The first-order chi connectivity index (χ1) is 20.6. The molecule has 2 aromatic heterocycles. The monoisotopic (exact) mass is 635 g/mol. The van der Waals surface area contributed by atoms with Gasteiger partial charge >= 0.3 is 6.18 Å². The van der Waals surface area contributed by atoms with E-state index in [4.69, 9.17) is 22.1 Å². The van der Waals surface area contributed by atoms with Crippen LogP contribution in [0.5, 0.6) is 5.75 Å². The highest BCUT2D eigenvalue weighted by molar-refractivity contribution is 6.35. The lowest BCUT2D eigenvalue weighted by Crippen LogP contribution is -2.51. The lowest BCUT2D eigenvalue weighted by Gasteiger charge is -2.31. The van der Waals surface area contributed by atoms with Crippen molar-refractivity contribution >= 4 is 34.3 Å². The summed E-state index contributed by atoms with van der Waals surface area (Å²) in [5.41, 5.74) is -0.859. The number of nitrogens with zero attached hydrogens (tertiary/aromatic N) is 3. The van der Waals surface area contributed by atoms with Gasteiger partial charge in [-0.3, -0.25) is 9.59 Å². The van der Waals surface area contributed by atoms with Gasteiger partial charge in [0.25, 0.3) is 5.91 Å². The Morgan fingerprint density at radius 3 is 2.48 bits per heavy atom. The van der Waals surface area contributed by atoms with Crippen LogP contribution in [0.4, 0.5) is 22.0 Å². The smallest absolute Gasteiger partial charge is 0.424 e. The SMILES string of the molecule is C[C@]1(C(N)=O)COc2c1cc(C(O)(CNC(=O)c1cc(Cl)c3nn(C4(F)CC4)cc3c1)C(F)(F)F)nc2-c1ccc(F)cc1. The summed E-state index contributed by atoms with van der Waals surface area (Å²) in [6.45, 7) is -0.355. The molecule has 44 heavy (non-hydrogen) atoms. The molecule has 2 atom stereocenters. The Hall–Kier alpha value is -4.30. The van der Waals surface area contributed by atoms with Crippen molar-refractivity contribution < 1.29 is 41.4 Å². The predicted molar refractivity (Wildman–Crippen MR) is 147 cm³/mol. The van der Waals surface area contributed by atoms with Crippen molar-refractivity contribution in [3.63, 3.8) is 0 Å². The molecule has 0 saturated heterocycles. The van der Waals surface area contributed by atoms with Crippen LogP contribution in [0.1, 0.15) is 41.4 Å². The van der Waals surface area contributed by atoms with Gasteiger partial charge in [-0.25, -0.2) is 18.4 Å². The second-order valence-corrected chi connectivity index (χ2v) is 11.6. The van der Waals surface area contributed by atoms with E-state index in [1.165, 1.54) is 31.3 Å². The average Bonchev–Trinajstić information content (AvgIpc) is 3.40. The second-order valence-electron chi connectivity index (χ2n) is 11.2. The third-order valence-corrected chi connectivity index (χ3v) is 8.32. The minimum atomic E-state index is -5.40. The van der Waals surface area contributed by atoms with E-state index < -0.39 is 52.9 Å². The molecular weight excluding hydrogens is 613 g/mol. The van der Waals surface area contributed by atoms with Crippen molar-refractivity contribution in [3.05, 3.63) is 76.3 Å². The van der Waals surface area contributed by atoms with Crippen molar-refractivity contribution in [3.8, 4) is 17.0 Å². The Bertz CT molecular complexity index is 1840. The third kappa shape index (κ3) is 4.72. The number of rotatable bonds is 7. The number of hydrogen-bond donors (Lipinski definition) is 3. The Balaban J connectivity index is 1.39. The van der Waals surface area contributed by atoms with Crippen molar-refractivity contribution in [1.29, 1.82) is 0 Å². The Morgan fingerprint density at radius 1 is 1.18 bits per heavy atom. The van der Waals surface area contributed by atoms with Crippen LogP contribution in [0.25, 0.3) is 22.2 Å². The van der Waals surface area contributed by atoms with Gasteiger partial charge in [-0.1, -0.05) is 11.6 Å². The highest BCUT2D eigenvalue weighted by Gasteiger charge is 2.58. The lowest BCUT2D eigenvalue weighted by molar-refractivity contribution is -0.265. The molecule has 0 spiro atoms. The quantitative estimate of drug-likeness (QED) is 0.254. The molecule has 1 fully saturated rings. The number of benzene rings is 2. The maximum atomic E-state index is 14.6. The fourth-order valence-corrected chi connectivity index (χ4v) is 5.27. The summed E-state index contributed by atoms with van der Waals surface area (Å²) in [4.78, 5) is 29.5. The number of primary amides is 1. The highest BCUT2D eigenvalue weighted by Crippen LogP contribution is 2.48. The van der Waals surface area contributed by atoms with Gasteiger partial charge in [0.2, 0.25) is 17.3 Å². The minimum Gasteiger partial charge on any atom is -0.489 e. The van der Waals surface area contributed by atoms with Gasteiger partial charge in [-0.15, -0.1) is 0 Å². The van der Waals surface area contributed by atoms with Crippen LogP contribution >= 0.6 is 11.6 Å². The maximum absolute atomic E-state index is 14.6. The number of nitrogens with two attached hydrogens (primary N) is 1. The van der Waals surface area contributed by atoms with E-state index in [1.54, 1.807) is 0 Å². The Labute approximate surface area is 250 Å². The molecule has 2 aliphatic rings. The molecule has 230 valence electrons. The number of alkyl halides is 4. The molecule has 2 amide bonds. The molecule has 15 heteroatoms. The summed E-state index contributed by atoms with van der Waals surface area (Å²) in [6, 6.07) is 7.91. The van der Waals surface area contributed by atoms with Crippen LogP contribution < -0.4 is 15.8 Å². The van der Waals surface area contributed by atoms with E-state index in [1.807, 2.05) is 0 Å². The first-order valence-corrected chi connectivity index (χ1v) is 13.6. The Morgan fingerprint density at radius 2 is 1.86 bits per heavy atom. The summed E-state index contributed by atoms with van der Waals surface area (Å²) >= 11 is 6.25. The standard InChI is InChI=1S/C29H23ClF5N5O4/c1-26(25(36)42)13-44-23-18(26)10-20(38-22(23)14-2-4-17(31)5-3-14)28(43,29(33,34)35)12-37-24(41)15-8-16-11-40(27(32)6-7-27)39-21(16)19(30)9-15/h2-5,8-11,43H,6-7,12-13H2,1H3,(H2,36,42)(H,37,41)/t26-,28?/m0/s1. The summed E-state index contributed by atoms with van der Waals surface area (Å²) in [5, 5.41) is 17.6. The summed E-state index contributed by atoms with van der Waals surface area (Å²) < 4.78 is 78.8. The van der Waals surface area contributed by atoms with Gasteiger partial charge in [0, 0.05) is 41.1 Å². The summed E-state index contributed by atoms with van der Waals surface area (Å²) in [7, 11) is 0. The zero-order valence-electron chi connectivity index (χ0n) is 22.8. The van der Waals surface area contributed by atoms with Crippen molar-refractivity contribution in [2.45, 2.75) is 42.8 Å². The number of fused-ring (bicyclic) bond motifs is 2. The molecule has 4 N–H and O–H groups in total. The number of amides is 2. The molecule has 1 aliphatic heterocycles. The molecule has 1 aliphatic carbocycles. The molecule has 1 saturated carbocycles. The van der Waals surface area contributed by atoms with E-state index in [-0.39, 0.29) is 63.5 Å². The zero-order valence-corrected chi connectivity index (χ0v) is 23.6. The molecule has 1 unspecified atom stereocenters. The summed E-state index contributed by atoms with van der Waals surface area (Å²) in [5.74, 6) is -4.27. The number of halogens is 6. The molecule has 3 heterocycles. The number of aliphatic hydroxyl groups is 1. The van der Waals surface area contributed by atoms with Crippen molar-refractivity contribution in [1.82, 2.24) is 20.1 Å². The number of nitrogens with one attached hydrogen (secondary N) is 1. The molecular formula is C29H23ClF5N5O4. The Kier molecular flexibility index (Phi) is 6.67. The number of aromatic nitrogens is 3. The van der Waals surface area contributed by atoms with Crippen LogP contribution in [-0.2, 0) is 21.6 Å². The first-order valence-electron chi connectivity index (χ1n) is 13.3.